The molecule has 10 heteroatoms. The molecule has 1 heterocycles. The largest absolute Gasteiger partial charge is 0.384 e. The van der Waals surface area contributed by atoms with Gasteiger partial charge >= 0.3 is 0 Å². The van der Waals surface area contributed by atoms with Crippen LogP contribution in [0.15, 0.2) is 77.7 Å². The van der Waals surface area contributed by atoms with Gasteiger partial charge in [0.15, 0.2) is 0 Å². The lowest BCUT2D eigenvalue weighted by atomic mass is 9.93. The van der Waals surface area contributed by atoms with E-state index in [9.17, 15) is 13.2 Å². The molecule has 39 heavy (non-hydrogen) atoms. The van der Waals surface area contributed by atoms with Crippen molar-refractivity contribution in [2.75, 3.05) is 19.6 Å². The number of nitrogens with zero attached hydrogens (tertiary/aromatic N) is 1. The van der Waals surface area contributed by atoms with Gasteiger partial charge < -0.3 is 16.4 Å². The van der Waals surface area contributed by atoms with E-state index >= 15 is 0 Å². The zero-order valence-electron chi connectivity index (χ0n) is 21.6. The second-order valence-corrected chi connectivity index (χ2v) is 12.0. The lowest BCUT2D eigenvalue weighted by Crippen LogP contribution is -2.51. The van der Waals surface area contributed by atoms with Crippen LogP contribution in [0.1, 0.15) is 30.4 Å². The Bertz CT molecular complexity index is 1400. The van der Waals surface area contributed by atoms with E-state index in [0.717, 1.165) is 36.0 Å². The molecule has 0 bridgehead atoms. The summed E-state index contributed by atoms with van der Waals surface area (Å²) in [7, 11) is -4.04. The summed E-state index contributed by atoms with van der Waals surface area (Å²) in [5.41, 5.74) is 14.1. The first-order valence-corrected chi connectivity index (χ1v) is 14.8. The third-order valence-corrected chi connectivity index (χ3v) is 8.84. The molecular formula is C29H34ClN5O3S. The van der Waals surface area contributed by atoms with Crippen molar-refractivity contribution in [1.82, 2.24) is 9.62 Å². The summed E-state index contributed by atoms with van der Waals surface area (Å²) in [6.45, 7) is 1.75. The fourth-order valence-corrected chi connectivity index (χ4v) is 6.23. The molecule has 1 atom stereocenters. The Morgan fingerprint density at radius 3 is 2.31 bits per heavy atom. The van der Waals surface area contributed by atoms with Gasteiger partial charge in [0.2, 0.25) is 15.9 Å². The average molecular weight is 568 g/mol. The first-order chi connectivity index (χ1) is 18.7. The molecule has 0 aromatic heterocycles. The van der Waals surface area contributed by atoms with E-state index in [1.54, 1.807) is 53.4 Å². The molecule has 3 aromatic carbocycles. The number of amidine groups is 1. The highest BCUT2D eigenvalue weighted by Crippen LogP contribution is 2.25. The predicted molar refractivity (Wildman–Crippen MR) is 155 cm³/mol. The van der Waals surface area contributed by atoms with Crippen molar-refractivity contribution in [2.45, 2.75) is 36.6 Å². The van der Waals surface area contributed by atoms with Gasteiger partial charge in [0, 0.05) is 23.7 Å². The molecule has 1 fully saturated rings. The maximum Gasteiger partial charge on any atom is 0.241 e. The van der Waals surface area contributed by atoms with E-state index in [2.05, 4.69) is 4.72 Å². The van der Waals surface area contributed by atoms with Crippen LogP contribution in [0.25, 0.3) is 11.1 Å². The zero-order valence-corrected chi connectivity index (χ0v) is 23.2. The second-order valence-electron chi connectivity index (χ2n) is 9.87. The standard InChI is InChI=1S/C29H34ClN5O3S/c30-25-10-8-22(9-11-25)24-2-1-3-26(19-24)39(37,38)34-27(18-21-4-6-23(7-5-21)28(32)33)29(36)35-16-13-20(12-15-31)14-17-35/h1-11,19-20,27,34H,12-18,31H2,(H3,32,33). The Labute approximate surface area is 234 Å². The number of nitrogen functional groups attached to an aromatic ring is 1. The van der Waals surface area contributed by atoms with E-state index in [1.165, 1.54) is 6.07 Å². The highest BCUT2D eigenvalue weighted by Gasteiger charge is 2.32. The van der Waals surface area contributed by atoms with E-state index < -0.39 is 16.1 Å². The minimum atomic E-state index is -4.04. The zero-order chi connectivity index (χ0) is 28.0. The molecule has 0 aliphatic carbocycles. The number of likely N-dealkylation sites (tertiary alicyclic amines) is 1. The summed E-state index contributed by atoms with van der Waals surface area (Å²) in [6.07, 6.45) is 2.78. The Kier molecular flexibility index (Phi) is 9.40. The topological polar surface area (TPSA) is 142 Å². The van der Waals surface area contributed by atoms with Crippen LogP contribution in [0.4, 0.5) is 0 Å². The van der Waals surface area contributed by atoms with Crippen molar-refractivity contribution in [3.8, 4) is 11.1 Å². The molecule has 8 nitrogen and oxygen atoms in total. The highest BCUT2D eigenvalue weighted by atomic mass is 35.5. The van der Waals surface area contributed by atoms with Crippen molar-refractivity contribution < 1.29 is 13.2 Å². The smallest absolute Gasteiger partial charge is 0.241 e. The molecule has 6 N–H and O–H groups in total. The maximum atomic E-state index is 13.7. The highest BCUT2D eigenvalue weighted by molar-refractivity contribution is 7.89. The first kappa shape index (κ1) is 28.8. The number of rotatable bonds is 10. The number of halogens is 1. The van der Waals surface area contributed by atoms with Gasteiger partial charge in [-0.15, -0.1) is 0 Å². The van der Waals surface area contributed by atoms with Crippen LogP contribution in [0, 0.1) is 11.3 Å². The van der Waals surface area contributed by atoms with Crippen LogP contribution in [0.5, 0.6) is 0 Å². The summed E-state index contributed by atoms with van der Waals surface area (Å²) in [5.74, 6) is 0.161. The van der Waals surface area contributed by atoms with Crippen LogP contribution >= 0.6 is 11.6 Å². The van der Waals surface area contributed by atoms with E-state index in [4.69, 9.17) is 28.5 Å². The summed E-state index contributed by atoms with van der Waals surface area (Å²) < 4.78 is 29.8. The number of carbonyl (C=O) groups excluding carboxylic acids is 1. The lowest BCUT2D eigenvalue weighted by Gasteiger charge is -2.34. The number of nitrogens with one attached hydrogen (secondary N) is 2. The summed E-state index contributed by atoms with van der Waals surface area (Å²) in [4.78, 5) is 15.5. The Hall–Kier alpha value is -3.24. The molecule has 206 valence electrons. The molecule has 1 amide bonds. The molecule has 1 aliphatic heterocycles. The summed E-state index contributed by atoms with van der Waals surface area (Å²) >= 11 is 6.00. The minimum Gasteiger partial charge on any atom is -0.384 e. The van der Waals surface area contributed by atoms with Crippen LogP contribution in [0.2, 0.25) is 5.02 Å². The van der Waals surface area contributed by atoms with Gasteiger partial charge in [-0.05, 0) is 79.1 Å². The van der Waals surface area contributed by atoms with Gasteiger partial charge in [-0.25, -0.2) is 8.42 Å². The number of sulfonamides is 1. The molecule has 0 saturated carbocycles. The minimum absolute atomic E-state index is 0.0594. The van der Waals surface area contributed by atoms with Gasteiger partial charge in [0.05, 0.1) is 4.90 Å². The monoisotopic (exact) mass is 567 g/mol. The Morgan fingerprint density at radius 1 is 1.03 bits per heavy atom. The van der Waals surface area contributed by atoms with Crippen molar-refractivity contribution >= 4 is 33.4 Å². The fourth-order valence-electron chi connectivity index (χ4n) is 4.87. The van der Waals surface area contributed by atoms with Gasteiger partial charge in [0.1, 0.15) is 11.9 Å². The molecule has 4 rings (SSSR count). The summed E-state index contributed by atoms with van der Waals surface area (Å²) in [5, 5.41) is 8.20. The average Bonchev–Trinajstić information content (AvgIpc) is 2.93. The molecule has 3 aromatic rings. The normalized spacial score (nSPS) is 15.2. The molecule has 1 aliphatic rings. The van der Waals surface area contributed by atoms with Gasteiger partial charge in [0.25, 0.3) is 0 Å². The quantitative estimate of drug-likeness (QED) is 0.218. The van der Waals surface area contributed by atoms with E-state index in [-0.39, 0.29) is 23.1 Å². The fraction of sp³-hybridized carbons (Fsp3) is 0.310. The number of carbonyl (C=O) groups is 1. The molecule has 1 saturated heterocycles. The number of hydrogen-bond acceptors (Lipinski definition) is 5. The molecule has 0 spiro atoms. The van der Waals surface area contributed by atoms with Gasteiger partial charge in [-0.3, -0.25) is 10.2 Å². The summed E-state index contributed by atoms with van der Waals surface area (Å²) in [6, 6.07) is 19.7. The van der Waals surface area contributed by atoms with Gasteiger partial charge in [-0.2, -0.15) is 4.72 Å². The Morgan fingerprint density at radius 2 is 1.69 bits per heavy atom. The van der Waals surface area contributed by atoms with Crippen molar-refractivity contribution in [3.05, 3.63) is 88.9 Å². The molecular weight excluding hydrogens is 534 g/mol. The third kappa shape index (κ3) is 7.45. The first-order valence-electron chi connectivity index (χ1n) is 13.0. The lowest BCUT2D eigenvalue weighted by molar-refractivity contribution is -0.134. The number of hydrogen-bond donors (Lipinski definition) is 4. The van der Waals surface area contributed by atoms with E-state index in [1.807, 2.05) is 18.2 Å². The van der Waals surface area contributed by atoms with Crippen LogP contribution in [0.3, 0.4) is 0 Å². The van der Waals surface area contributed by atoms with Crippen LogP contribution in [-0.2, 0) is 21.2 Å². The number of nitrogens with two attached hydrogens (primary N) is 2. The second kappa shape index (κ2) is 12.7. The number of benzene rings is 3. The predicted octanol–water partition coefficient (Wildman–Crippen LogP) is 3.77. The van der Waals surface area contributed by atoms with Gasteiger partial charge in [-0.1, -0.05) is 60.1 Å². The van der Waals surface area contributed by atoms with E-state index in [0.29, 0.717) is 36.1 Å². The molecule has 1 unspecified atom stereocenters. The number of amides is 1. The Balaban J connectivity index is 1.59. The van der Waals surface area contributed by atoms with Crippen LogP contribution < -0.4 is 16.2 Å². The van der Waals surface area contributed by atoms with Crippen molar-refractivity contribution in [1.29, 1.82) is 5.41 Å². The van der Waals surface area contributed by atoms with Crippen molar-refractivity contribution in [2.24, 2.45) is 17.4 Å². The maximum absolute atomic E-state index is 13.7. The van der Waals surface area contributed by atoms with Crippen LogP contribution in [-0.4, -0.2) is 50.7 Å². The SMILES string of the molecule is N=C(N)c1ccc(CC(NS(=O)(=O)c2cccc(-c3ccc(Cl)cc3)c2)C(=O)N2CCC(CCN)CC2)cc1. The number of piperidine rings is 1. The third-order valence-electron chi connectivity index (χ3n) is 7.12. The molecule has 0 radical (unpaired) electrons. The van der Waals surface area contributed by atoms with Crippen molar-refractivity contribution in [3.63, 3.8) is 0 Å².